The summed E-state index contributed by atoms with van der Waals surface area (Å²) in [6.07, 6.45) is -0.0124. The molecule has 4 rings (SSSR count). The van der Waals surface area contributed by atoms with Gasteiger partial charge in [-0.2, -0.15) is 0 Å². The van der Waals surface area contributed by atoms with Crippen LogP contribution in [0.5, 0.6) is 5.75 Å². The van der Waals surface area contributed by atoms with E-state index in [4.69, 9.17) is 9.47 Å². The van der Waals surface area contributed by atoms with Crippen molar-refractivity contribution < 1.29 is 19.1 Å². The van der Waals surface area contributed by atoms with E-state index in [-0.39, 0.29) is 29.9 Å². The van der Waals surface area contributed by atoms with E-state index in [0.29, 0.717) is 28.7 Å². The van der Waals surface area contributed by atoms with Gasteiger partial charge in [0.15, 0.2) is 0 Å². The molecule has 6 nitrogen and oxygen atoms in total. The minimum atomic E-state index is -0.237. The van der Waals surface area contributed by atoms with Crippen LogP contribution in [-0.4, -0.2) is 44.2 Å². The van der Waals surface area contributed by atoms with Crippen molar-refractivity contribution in [2.45, 2.75) is 31.9 Å². The Labute approximate surface area is 140 Å². The lowest BCUT2D eigenvalue weighted by Crippen LogP contribution is -2.30. The Morgan fingerprint density at radius 1 is 1.12 bits per heavy atom. The Morgan fingerprint density at radius 3 is 2.50 bits per heavy atom. The largest absolute Gasteiger partial charge is 0.489 e. The minimum absolute atomic E-state index is 0.0124. The third-order valence-electron chi connectivity index (χ3n) is 5.60. The number of hydrogen-bond acceptors (Lipinski definition) is 4. The number of fused-ring (bicyclic) bond motifs is 2. The zero-order chi connectivity index (χ0) is 17.0. The smallest absolute Gasteiger partial charge is 0.254 e. The maximum atomic E-state index is 12.7. The Kier molecular flexibility index (Phi) is 3.53. The van der Waals surface area contributed by atoms with Gasteiger partial charge in [0.05, 0.1) is 18.8 Å². The number of benzene rings is 1. The number of rotatable bonds is 3. The standard InChI is InChI=1S/C18H22N2O4/c1-8-9(2)24-16-11(8)4-10(5-12(16)18(22)19-3)17(21)20-15-13-6-23-7-14(13)15/h4-5,8-9,13-15H,6-7H2,1-3H3,(H,19,22)(H,20,21)/t8-,9-,13-,14+,15+/m1/s1. The molecule has 1 saturated heterocycles. The molecule has 2 heterocycles. The van der Waals surface area contributed by atoms with Crippen molar-refractivity contribution in [2.24, 2.45) is 11.8 Å². The quantitative estimate of drug-likeness (QED) is 0.876. The lowest BCUT2D eigenvalue weighted by atomic mass is 9.94. The normalized spacial score (nSPS) is 32.5. The highest BCUT2D eigenvalue weighted by Crippen LogP contribution is 2.45. The van der Waals surface area contributed by atoms with Crippen LogP contribution in [-0.2, 0) is 4.74 Å². The van der Waals surface area contributed by atoms with E-state index in [1.807, 2.05) is 13.0 Å². The van der Waals surface area contributed by atoms with Crippen LogP contribution in [0.3, 0.4) is 0 Å². The topological polar surface area (TPSA) is 76.7 Å². The molecule has 6 heteroatoms. The summed E-state index contributed by atoms with van der Waals surface area (Å²) in [7, 11) is 1.58. The maximum absolute atomic E-state index is 12.7. The molecule has 24 heavy (non-hydrogen) atoms. The summed E-state index contributed by atoms with van der Waals surface area (Å²) in [6.45, 7) is 5.48. The van der Waals surface area contributed by atoms with Crippen molar-refractivity contribution in [3.63, 3.8) is 0 Å². The fourth-order valence-corrected chi connectivity index (χ4v) is 3.78. The van der Waals surface area contributed by atoms with Crippen LogP contribution < -0.4 is 15.4 Å². The minimum Gasteiger partial charge on any atom is -0.489 e. The van der Waals surface area contributed by atoms with Crippen LogP contribution in [0.2, 0.25) is 0 Å². The molecular formula is C18H22N2O4. The lowest BCUT2D eigenvalue weighted by Gasteiger charge is -2.12. The molecule has 2 N–H and O–H groups in total. The van der Waals surface area contributed by atoms with Crippen LogP contribution in [0.1, 0.15) is 46.0 Å². The van der Waals surface area contributed by atoms with E-state index in [9.17, 15) is 9.59 Å². The fourth-order valence-electron chi connectivity index (χ4n) is 3.78. The van der Waals surface area contributed by atoms with E-state index in [0.717, 1.165) is 18.8 Å². The van der Waals surface area contributed by atoms with Gasteiger partial charge in [0.2, 0.25) is 0 Å². The molecule has 1 aromatic rings. The Bertz CT molecular complexity index is 707. The lowest BCUT2D eigenvalue weighted by molar-refractivity contribution is 0.0929. The van der Waals surface area contributed by atoms with E-state index in [1.165, 1.54) is 0 Å². The second-order valence-electron chi connectivity index (χ2n) is 7.00. The summed E-state index contributed by atoms with van der Waals surface area (Å²) < 4.78 is 11.2. The molecule has 0 aromatic heterocycles. The molecule has 5 atom stereocenters. The summed E-state index contributed by atoms with van der Waals surface area (Å²) in [5, 5.41) is 5.71. The molecule has 0 bridgehead atoms. The van der Waals surface area contributed by atoms with Crippen LogP contribution in [0.4, 0.5) is 0 Å². The van der Waals surface area contributed by atoms with E-state index in [2.05, 4.69) is 17.6 Å². The first kappa shape index (κ1) is 15.4. The fraction of sp³-hybridized carbons (Fsp3) is 0.556. The molecule has 3 aliphatic rings. The number of nitrogens with one attached hydrogen (secondary N) is 2. The second-order valence-corrected chi connectivity index (χ2v) is 7.00. The zero-order valence-corrected chi connectivity index (χ0v) is 14.1. The molecule has 0 radical (unpaired) electrons. The van der Waals surface area contributed by atoms with E-state index < -0.39 is 0 Å². The SMILES string of the molecule is CNC(=O)c1cc(C(=O)N[C@H]2[C@@H]3COC[C@@H]32)cc2c1O[C@H](C)[C@H]2C. The predicted octanol–water partition coefficient (Wildman–Crippen LogP) is 1.31. The monoisotopic (exact) mass is 330 g/mol. The molecular weight excluding hydrogens is 308 g/mol. The Hall–Kier alpha value is -2.08. The molecule has 1 saturated carbocycles. The Balaban J connectivity index is 1.63. The van der Waals surface area contributed by atoms with Gasteiger partial charge in [0, 0.05) is 42.0 Å². The highest BCUT2D eigenvalue weighted by molar-refractivity contribution is 6.02. The number of amides is 2. The van der Waals surface area contributed by atoms with Crippen LogP contribution in [0.25, 0.3) is 0 Å². The van der Waals surface area contributed by atoms with Crippen LogP contribution in [0.15, 0.2) is 12.1 Å². The van der Waals surface area contributed by atoms with Crippen molar-refractivity contribution in [1.29, 1.82) is 0 Å². The molecule has 1 aliphatic carbocycles. The number of hydrogen-bond donors (Lipinski definition) is 2. The molecule has 0 spiro atoms. The first-order chi connectivity index (χ1) is 11.5. The number of carbonyl (C=O) groups is 2. The molecule has 2 aliphatic heterocycles. The predicted molar refractivity (Wildman–Crippen MR) is 87.4 cm³/mol. The Morgan fingerprint density at radius 2 is 1.83 bits per heavy atom. The third kappa shape index (κ3) is 2.28. The molecule has 1 aromatic carbocycles. The van der Waals surface area contributed by atoms with Crippen LogP contribution in [0, 0.1) is 11.8 Å². The van der Waals surface area contributed by atoms with Gasteiger partial charge in [-0.1, -0.05) is 6.92 Å². The zero-order valence-electron chi connectivity index (χ0n) is 14.1. The number of ether oxygens (including phenoxy) is 2. The van der Waals surface area contributed by atoms with Gasteiger partial charge in [0.25, 0.3) is 11.8 Å². The van der Waals surface area contributed by atoms with Crippen molar-refractivity contribution in [2.75, 3.05) is 20.3 Å². The third-order valence-corrected chi connectivity index (χ3v) is 5.60. The van der Waals surface area contributed by atoms with Gasteiger partial charge in [-0.25, -0.2) is 0 Å². The van der Waals surface area contributed by atoms with Crippen molar-refractivity contribution in [1.82, 2.24) is 10.6 Å². The van der Waals surface area contributed by atoms with Crippen molar-refractivity contribution in [3.05, 3.63) is 28.8 Å². The second kappa shape index (κ2) is 5.48. The molecule has 2 amide bonds. The molecule has 128 valence electrons. The van der Waals surface area contributed by atoms with Gasteiger partial charge >= 0.3 is 0 Å². The van der Waals surface area contributed by atoms with Gasteiger partial charge in [0.1, 0.15) is 11.9 Å². The summed E-state index contributed by atoms with van der Waals surface area (Å²) in [4.78, 5) is 24.9. The number of carbonyl (C=O) groups excluding carboxylic acids is 2. The van der Waals surface area contributed by atoms with Crippen molar-refractivity contribution in [3.8, 4) is 5.75 Å². The summed E-state index contributed by atoms with van der Waals surface area (Å²) in [6, 6.07) is 3.70. The highest BCUT2D eigenvalue weighted by atomic mass is 16.5. The van der Waals surface area contributed by atoms with Gasteiger partial charge < -0.3 is 20.1 Å². The van der Waals surface area contributed by atoms with Gasteiger partial charge in [-0.05, 0) is 19.1 Å². The van der Waals surface area contributed by atoms with E-state index in [1.54, 1.807) is 13.1 Å². The first-order valence-corrected chi connectivity index (χ1v) is 8.46. The average Bonchev–Trinajstić information content (AvgIpc) is 2.92. The van der Waals surface area contributed by atoms with Crippen molar-refractivity contribution >= 4 is 11.8 Å². The summed E-state index contributed by atoms with van der Waals surface area (Å²) in [5.41, 5.74) is 1.87. The van der Waals surface area contributed by atoms with Gasteiger partial charge in [-0.3, -0.25) is 9.59 Å². The van der Waals surface area contributed by atoms with E-state index >= 15 is 0 Å². The van der Waals surface area contributed by atoms with Gasteiger partial charge in [-0.15, -0.1) is 0 Å². The maximum Gasteiger partial charge on any atom is 0.254 e. The highest BCUT2D eigenvalue weighted by Gasteiger charge is 2.54. The summed E-state index contributed by atoms with van der Waals surface area (Å²) in [5.74, 6) is 1.27. The molecule has 2 fully saturated rings. The first-order valence-electron chi connectivity index (χ1n) is 8.46. The average molecular weight is 330 g/mol. The summed E-state index contributed by atoms with van der Waals surface area (Å²) >= 11 is 0. The molecule has 0 unspecified atom stereocenters. The van der Waals surface area contributed by atoms with Crippen LogP contribution >= 0.6 is 0 Å².